The van der Waals surface area contributed by atoms with Gasteiger partial charge in [-0.25, -0.2) is 4.79 Å². The highest BCUT2D eigenvalue weighted by molar-refractivity contribution is 8.06. The third kappa shape index (κ3) is 6.96. The molecule has 0 aromatic carbocycles. The highest BCUT2D eigenvalue weighted by atomic mass is 32.2. The summed E-state index contributed by atoms with van der Waals surface area (Å²) < 4.78 is 0. The van der Waals surface area contributed by atoms with E-state index in [1.54, 1.807) is 0 Å². The Kier molecular flexibility index (Phi) is 7.45. The molecule has 0 spiro atoms. The highest BCUT2D eigenvalue weighted by Crippen LogP contribution is 2.23. The van der Waals surface area contributed by atoms with Gasteiger partial charge < -0.3 is 15.7 Å². The van der Waals surface area contributed by atoms with Crippen molar-refractivity contribution < 1.29 is 14.7 Å². The number of rotatable bonds is 6. The average Bonchev–Trinajstić information content (AvgIpc) is 2.36. The highest BCUT2D eigenvalue weighted by Gasteiger charge is 2.20. The van der Waals surface area contributed by atoms with Crippen LogP contribution in [0.3, 0.4) is 0 Å². The van der Waals surface area contributed by atoms with Crippen molar-refractivity contribution in [1.82, 2.24) is 10.6 Å². The van der Waals surface area contributed by atoms with Crippen LogP contribution in [-0.4, -0.2) is 52.2 Å². The zero-order valence-corrected chi connectivity index (χ0v) is 13.0. The van der Waals surface area contributed by atoms with E-state index in [1.165, 1.54) is 5.75 Å². The van der Waals surface area contributed by atoms with Gasteiger partial charge in [-0.2, -0.15) is 23.5 Å². The van der Waals surface area contributed by atoms with Crippen LogP contribution < -0.4 is 10.6 Å². The van der Waals surface area contributed by atoms with E-state index in [0.29, 0.717) is 11.8 Å². The van der Waals surface area contributed by atoms with E-state index in [4.69, 9.17) is 5.11 Å². The van der Waals surface area contributed by atoms with E-state index < -0.39 is 5.97 Å². The van der Waals surface area contributed by atoms with Gasteiger partial charge in [0.1, 0.15) is 0 Å². The predicted octanol–water partition coefficient (Wildman–Crippen LogP) is 1.63. The lowest BCUT2D eigenvalue weighted by Crippen LogP contribution is -2.47. The fourth-order valence-electron chi connectivity index (χ4n) is 1.72. The molecule has 0 bridgehead atoms. The quantitative estimate of drug-likeness (QED) is 0.695. The van der Waals surface area contributed by atoms with Gasteiger partial charge >= 0.3 is 12.0 Å². The molecule has 1 aliphatic heterocycles. The number of urea groups is 1. The Morgan fingerprint density at radius 3 is 2.63 bits per heavy atom. The number of carbonyl (C=O) groups excluding carboxylic acids is 1. The van der Waals surface area contributed by atoms with Crippen molar-refractivity contribution >= 4 is 35.5 Å². The first-order valence-corrected chi connectivity index (χ1v) is 8.65. The lowest BCUT2D eigenvalue weighted by atomic mass is 10.0. The summed E-state index contributed by atoms with van der Waals surface area (Å²) in [4.78, 5) is 22.5. The Morgan fingerprint density at radius 1 is 1.37 bits per heavy atom. The monoisotopic (exact) mass is 306 g/mol. The summed E-state index contributed by atoms with van der Waals surface area (Å²) in [5.74, 6) is 2.58. The number of amides is 2. The van der Waals surface area contributed by atoms with Crippen LogP contribution in [0.1, 0.15) is 20.3 Å². The third-order valence-electron chi connectivity index (χ3n) is 2.89. The molecular weight excluding hydrogens is 284 g/mol. The number of carboxylic acid groups (broad SMARTS) is 1. The standard InChI is InChI=1S/C12H22N2O3S2/c1-8(2)10(5-11(15)16)14-12(17)13-6-9-7-18-3-4-19-9/h8-10H,3-7H2,1-2H3,(H,15,16)(H2,13,14,17). The molecule has 19 heavy (non-hydrogen) atoms. The maximum absolute atomic E-state index is 11.8. The van der Waals surface area contributed by atoms with E-state index >= 15 is 0 Å². The van der Waals surface area contributed by atoms with Gasteiger partial charge in [0.2, 0.25) is 0 Å². The second kappa shape index (κ2) is 8.58. The van der Waals surface area contributed by atoms with Crippen molar-refractivity contribution in [3.63, 3.8) is 0 Å². The largest absolute Gasteiger partial charge is 0.481 e. The number of hydrogen-bond acceptors (Lipinski definition) is 4. The van der Waals surface area contributed by atoms with Gasteiger partial charge in [-0.05, 0) is 5.92 Å². The Morgan fingerprint density at radius 2 is 2.11 bits per heavy atom. The maximum atomic E-state index is 11.8. The molecule has 1 fully saturated rings. The minimum atomic E-state index is -0.891. The molecule has 2 amide bonds. The molecule has 0 aromatic rings. The summed E-state index contributed by atoms with van der Waals surface area (Å²) in [6.45, 7) is 4.45. The Bertz CT molecular complexity index is 307. The minimum Gasteiger partial charge on any atom is -0.481 e. The van der Waals surface area contributed by atoms with E-state index in [1.807, 2.05) is 37.4 Å². The predicted molar refractivity (Wildman–Crippen MR) is 81.0 cm³/mol. The molecule has 1 saturated heterocycles. The first-order chi connectivity index (χ1) is 8.99. The molecule has 7 heteroatoms. The van der Waals surface area contributed by atoms with Crippen LogP contribution >= 0.6 is 23.5 Å². The minimum absolute atomic E-state index is 0.0425. The van der Waals surface area contributed by atoms with Gasteiger partial charge in [-0.1, -0.05) is 13.8 Å². The van der Waals surface area contributed by atoms with Crippen molar-refractivity contribution in [2.24, 2.45) is 5.92 Å². The van der Waals surface area contributed by atoms with Gasteiger partial charge in [0.05, 0.1) is 6.42 Å². The number of carboxylic acids is 1. The smallest absolute Gasteiger partial charge is 0.315 e. The number of nitrogens with one attached hydrogen (secondary N) is 2. The lowest BCUT2D eigenvalue weighted by molar-refractivity contribution is -0.137. The Labute approximate surface area is 122 Å². The zero-order chi connectivity index (χ0) is 14.3. The molecule has 1 aliphatic rings. The van der Waals surface area contributed by atoms with Crippen LogP contribution in [0.5, 0.6) is 0 Å². The van der Waals surface area contributed by atoms with Crippen LogP contribution in [0, 0.1) is 5.92 Å². The van der Waals surface area contributed by atoms with Crippen LogP contribution in [0.4, 0.5) is 4.79 Å². The number of thioether (sulfide) groups is 2. The summed E-state index contributed by atoms with van der Waals surface area (Å²) in [5.41, 5.74) is 0. The van der Waals surface area contributed by atoms with Crippen LogP contribution in [-0.2, 0) is 4.79 Å². The third-order valence-corrected chi connectivity index (χ3v) is 5.74. The van der Waals surface area contributed by atoms with Gasteiger partial charge in [0.15, 0.2) is 0 Å². The van der Waals surface area contributed by atoms with E-state index in [9.17, 15) is 9.59 Å². The summed E-state index contributed by atoms with van der Waals surface area (Å²) in [7, 11) is 0. The van der Waals surface area contributed by atoms with Gasteiger partial charge in [0, 0.05) is 35.1 Å². The zero-order valence-electron chi connectivity index (χ0n) is 11.3. The summed E-state index contributed by atoms with van der Waals surface area (Å²) in [6, 6.07) is -0.595. The second-order valence-electron chi connectivity index (χ2n) is 4.87. The molecule has 3 N–H and O–H groups in total. The van der Waals surface area contributed by atoms with E-state index in [2.05, 4.69) is 10.6 Å². The molecule has 0 aliphatic carbocycles. The van der Waals surface area contributed by atoms with E-state index in [-0.39, 0.29) is 24.4 Å². The van der Waals surface area contributed by atoms with Crippen molar-refractivity contribution in [2.75, 3.05) is 23.8 Å². The fraction of sp³-hybridized carbons (Fsp3) is 0.833. The maximum Gasteiger partial charge on any atom is 0.315 e. The van der Waals surface area contributed by atoms with Crippen molar-refractivity contribution in [2.45, 2.75) is 31.6 Å². The van der Waals surface area contributed by atoms with Crippen LogP contribution in [0.25, 0.3) is 0 Å². The molecule has 0 radical (unpaired) electrons. The molecule has 110 valence electrons. The molecule has 0 saturated carbocycles. The second-order valence-corrected chi connectivity index (χ2v) is 7.43. The molecule has 1 heterocycles. The van der Waals surface area contributed by atoms with E-state index in [0.717, 1.165) is 11.5 Å². The lowest BCUT2D eigenvalue weighted by Gasteiger charge is -2.24. The molecule has 1 rings (SSSR count). The summed E-state index contributed by atoms with van der Waals surface area (Å²) in [6.07, 6.45) is -0.0425. The first-order valence-electron chi connectivity index (χ1n) is 6.44. The average molecular weight is 306 g/mol. The molecule has 2 unspecified atom stereocenters. The van der Waals surface area contributed by atoms with Crippen LogP contribution in [0.15, 0.2) is 0 Å². The number of aliphatic carboxylic acids is 1. The number of hydrogen-bond donors (Lipinski definition) is 3. The van der Waals surface area contributed by atoms with Crippen molar-refractivity contribution in [1.29, 1.82) is 0 Å². The van der Waals surface area contributed by atoms with Crippen LogP contribution in [0.2, 0.25) is 0 Å². The SMILES string of the molecule is CC(C)C(CC(=O)O)NC(=O)NCC1CSCCS1. The molecular formula is C12H22N2O3S2. The molecule has 5 nitrogen and oxygen atoms in total. The number of carbonyl (C=O) groups is 2. The normalized spacial score (nSPS) is 20.9. The summed E-state index contributed by atoms with van der Waals surface area (Å²) >= 11 is 3.80. The van der Waals surface area contributed by atoms with Gasteiger partial charge in [0.25, 0.3) is 0 Å². The molecule has 0 aromatic heterocycles. The topological polar surface area (TPSA) is 78.4 Å². The van der Waals surface area contributed by atoms with Gasteiger partial charge in [-0.3, -0.25) is 4.79 Å². The molecule has 2 atom stereocenters. The fourth-order valence-corrected chi connectivity index (χ4v) is 4.33. The summed E-state index contributed by atoms with van der Waals surface area (Å²) in [5, 5.41) is 14.8. The van der Waals surface area contributed by atoms with Crippen molar-refractivity contribution in [3.8, 4) is 0 Å². The van der Waals surface area contributed by atoms with Crippen molar-refractivity contribution in [3.05, 3.63) is 0 Å². The Balaban J connectivity index is 2.29. The van der Waals surface area contributed by atoms with Gasteiger partial charge in [-0.15, -0.1) is 0 Å². The first kappa shape index (κ1) is 16.5. The Hall–Kier alpha value is -0.560.